The molecule has 1 N–H and O–H groups in total. The van der Waals surface area contributed by atoms with Gasteiger partial charge in [0.1, 0.15) is 5.82 Å². The van der Waals surface area contributed by atoms with Gasteiger partial charge in [-0.3, -0.25) is 4.98 Å². The van der Waals surface area contributed by atoms with E-state index in [1.807, 2.05) is 44.2 Å². The fourth-order valence-corrected chi connectivity index (χ4v) is 2.10. The normalized spacial score (nSPS) is 11.4. The van der Waals surface area contributed by atoms with Crippen molar-refractivity contribution < 1.29 is 0 Å². The lowest BCUT2D eigenvalue weighted by atomic mass is 9.86. The first kappa shape index (κ1) is 12.4. The van der Waals surface area contributed by atoms with Crippen LogP contribution in [-0.4, -0.2) is 15.0 Å². The standard InChI is InChI=1S/C16H14N4/c1-16(2,10-17)12-5-6-13-14(8-12)20-15(19-13)11-4-3-7-18-9-11/h3-9H,1-2H3,(H,19,20). The zero-order chi connectivity index (χ0) is 14.2. The molecule has 4 nitrogen and oxygen atoms in total. The number of pyridine rings is 1. The van der Waals surface area contributed by atoms with Crippen molar-refractivity contribution in [3.05, 3.63) is 48.3 Å². The van der Waals surface area contributed by atoms with Crippen LogP contribution in [0.4, 0.5) is 0 Å². The molecule has 0 spiro atoms. The van der Waals surface area contributed by atoms with Gasteiger partial charge < -0.3 is 4.98 Å². The van der Waals surface area contributed by atoms with E-state index in [0.717, 1.165) is 28.0 Å². The smallest absolute Gasteiger partial charge is 0.140 e. The summed E-state index contributed by atoms with van der Waals surface area (Å²) in [4.78, 5) is 11.9. The molecule has 2 heterocycles. The Hall–Kier alpha value is -2.67. The third-order valence-corrected chi connectivity index (χ3v) is 3.42. The van der Waals surface area contributed by atoms with E-state index in [1.54, 1.807) is 12.4 Å². The molecule has 3 rings (SSSR count). The number of fused-ring (bicyclic) bond motifs is 1. The molecule has 1 aromatic carbocycles. The van der Waals surface area contributed by atoms with Crippen LogP contribution in [-0.2, 0) is 5.41 Å². The van der Waals surface area contributed by atoms with Gasteiger partial charge in [0, 0.05) is 18.0 Å². The first-order chi connectivity index (χ1) is 9.60. The molecule has 98 valence electrons. The van der Waals surface area contributed by atoms with Gasteiger partial charge >= 0.3 is 0 Å². The van der Waals surface area contributed by atoms with E-state index in [9.17, 15) is 5.26 Å². The van der Waals surface area contributed by atoms with Crippen LogP contribution in [0.1, 0.15) is 19.4 Å². The minimum Gasteiger partial charge on any atom is -0.338 e. The lowest BCUT2D eigenvalue weighted by molar-refractivity contribution is 0.688. The Morgan fingerprint density at radius 2 is 2.10 bits per heavy atom. The highest BCUT2D eigenvalue weighted by Crippen LogP contribution is 2.26. The van der Waals surface area contributed by atoms with E-state index in [-0.39, 0.29) is 0 Å². The molecule has 0 bridgehead atoms. The van der Waals surface area contributed by atoms with Crippen molar-refractivity contribution in [2.24, 2.45) is 0 Å². The lowest BCUT2D eigenvalue weighted by Gasteiger charge is -2.15. The van der Waals surface area contributed by atoms with Crippen LogP contribution in [0, 0.1) is 11.3 Å². The highest BCUT2D eigenvalue weighted by Gasteiger charge is 2.20. The molecule has 0 aliphatic carbocycles. The second-order valence-corrected chi connectivity index (χ2v) is 5.30. The molecule has 0 atom stereocenters. The highest BCUT2D eigenvalue weighted by atomic mass is 14.9. The average molecular weight is 262 g/mol. The second-order valence-electron chi connectivity index (χ2n) is 5.30. The van der Waals surface area contributed by atoms with Crippen LogP contribution in [0.2, 0.25) is 0 Å². The van der Waals surface area contributed by atoms with Gasteiger partial charge in [0.05, 0.1) is 22.5 Å². The molecule has 0 aliphatic rings. The zero-order valence-corrected chi connectivity index (χ0v) is 11.4. The van der Waals surface area contributed by atoms with Gasteiger partial charge in [-0.2, -0.15) is 5.26 Å². The summed E-state index contributed by atoms with van der Waals surface area (Å²) >= 11 is 0. The van der Waals surface area contributed by atoms with Gasteiger partial charge in [0.25, 0.3) is 0 Å². The molecule has 2 aromatic heterocycles. The molecule has 20 heavy (non-hydrogen) atoms. The molecule has 0 amide bonds. The maximum absolute atomic E-state index is 9.22. The van der Waals surface area contributed by atoms with Crippen molar-refractivity contribution >= 4 is 11.0 Å². The third-order valence-electron chi connectivity index (χ3n) is 3.42. The topological polar surface area (TPSA) is 65.4 Å². The monoisotopic (exact) mass is 262 g/mol. The van der Waals surface area contributed by atoms with Gasteiger partial charge in [-0.05, 0) is 43.7 Å². The maximum atomic E-state index is 9.22. The Morgan fingerprint density at radius 3 is 2.80 bits per heavy atom. The number of hydrogen-bond acceptors (Lipinski definition) is 3. The molecule has 3 aromatic rings. The van der Waals surface area contributed by atoms with Crippen LogP contribution < -0.4 is 0 Å². The van der Waals surface area contributed by atoms with Crippen molar-refractivity contribution in [1.29, 1.82) is 5.26 Å². The predicted octanol–water partition coefficient (Wildman–Crippen LogP) is 3.43. The number of nitrogens with one attached hydrogen (secondary N) is 1. The number of nitrogens with zero attached hydrogens (tertiary/aromatic N) is 3. The molecular weight excluding hydrogens is 248 g/mol. The minimum atomic E-state index is -0.506. The third kappa shape index (κ3) is 2.04. The Morgan fingerprint density at radius 1 is 1.25 bits per heavy atom. The van der Waals surface area contributed by atoms with Crippen molar-refractivity contribution in [1.82, 2.24) is 15.0 Å². The van der Waals surface area contributed by atoms with Gasteiger partial charge in [0.2, 0.25) is 0 Å². The summed E-state index contributed by atoms with van der Waals surface area (Å²) in [5.41, 5.74) is 3.25. The Kier molecular flexibility index (Phi) is 2.76. The molecule has 0 radical (unpaired) electrons. The van der Waals surface area contributed by atoms with E-state index in [0.29, 0.717) is 0 Å². The second kappa shape index (κ2) is 4.46. The molecule has 0 saturated heterocycles. The SMILES string of the molecule is CC(C)(C#N)c1ccc2nc(-c3cccnc3)[nH]c2c1. The van der Waals surface area contributed by atoms with Gasteiger partial charge in [-0.25, -0.2) is 4.98 Å². The average Bonchev–Trinajstić information content (AvgIpc) is 2.91. The lowest BCUT2D eigenvalue weighted by Crippen LogP contribution is -2.13. The highest BCUT2D eigenvalue weighted by molar-refractivity contribution is 5.80. The Balaban J connectivity index is 2.12. The molecule has 0 fully saturated rings. The fourth-order valence-electron chi connectivity index (χ4n) is 2.10. The van der Waals surface area contributed by atoms with Crippen LogP contribution in [0.5, 0.6) is 0 Å². The molecular formula is C16H14N4. The van der Waals surface area contributed by atoms with Crippen molar-refractivity contribution in [3.8, 4) is 17.5 Å². The summed E-state index contributed by atoms with van der Waals surface area (Å²) < 4.78 is 0. The van der Waals surface area contributed by atoms with Gasteiger partial charge in [-0.1, -0.05) is 6.07 Å². The quantitative estimate of drug-likeness (QED) is 0.769. The summed E-state index contributed by atoms with van der Waals surface area (Å²) in [5, 5.41) is 9.22. The van der Waals surface area contributed by atoms with Crippen molar-refractivity contribution in [3.63, 3.8) is 0 Å². The van der Waals surface area contributed by atoms with Crippen LogP contribution in [0.15, 0.2) is 42.7 Å². The number of H-pyrrole nitrogens is 1. The number of aromatic amines is 1. The molecule has 0 saturated carbocycles. The zero-order valence-electron chi connectivity index (χ0n) is 11.4. The summed E-state index contributed by atoms with van der Waals surface area (Å²) in [6, 6.07) is 12.1. The summed E-state index contributed by atoms with van der Waals surface area (Å²) in [6.45, 7) is 3.82. The first-order valence-electron chi connectivity index (χ1n) is 6.42. The van der Waals surface area contributed by atoms with Crippen LogP contribution in [0.25, 0.3) is 22.4 Å². The van der Waals surface area contributed by atoms with Gasteiger partial charge in [-0.15, -0.1) is 0 Å². The number of benzene rings is 1. The Bertz CT molecular complexity index is 794. The first-order valence-corrected chi connectivity index (χ1v) is 6.42. The molecule has 0 aliphatic heterocycles. The van der Waals surface area contributed by atoms with E-state index < -0.39 is 5.41 Å². The van der Waals surface area contributed by atoms with E-state index in [2.05, 4.69) is 21.0 Å². The van der Waals surface area contributed by atoms with Gasteiger partial charge in [0.15, 0.2) is 0 Å². The number of imidazole rings is 1. The number of hydrogen-bond donors (Lipinski definition) is 1. The summed E-state index contributed by atoms with van der Waals surface area (Å²) in [5.74, 6) is 0.792. The van der Waals surface area contributed by atoms with E-state index in [1.165, 1.54) is 0 Å². The molecule has 0 unspecified atom stereocenters. The number of aromatic nitrogens is 3. The summed E-state index contributed by atoms with van der Waals surface area (Å²) in [6.07, 6.45) is 3.51. The molecule has 4 heteroatoms. The van der Waals surface area contributed by atoms with E-state index in [4.69, 9.17) is 0 Å². The number of rotatable bonds is 2. The van der Waals surface area contributed by atoms with Crippen LogP contribution in [0.3, 0.4) is 0 Å². The van der Waals surface area contributed by atoms with E-state index >= 15 is 0 Å². The van der Waals surface area contributed by atoms with Crippen molar-refractivity contribution in [2.75, 3.05) is 0 Å². The minimum absolute atomic E-state index is 0.506. The van der Waals surface area contributed by atoms with Crippen LogP contribution >= 0.6 is 0 Å². The number of nitriles is 1. The summed E-state index contributed by atoms with van der Waals surface area (Å²) in [7, 11) is 0. The maximum Gasteiger partial charge on any atom is 0.140 e. The fraction of sp³-hybridized carbons (Fsp3) is 0.188. The largest absolute Gasteiger partial charge is 0.338 e. The predicted molar refractivity (Wildman–Crippen MR) is 78.0 cm³/mol. The Labute approximate surface area is 117 Å². The van der Waals surface area contributed by atoms with Crippen molar-refractivity contribution in [2.45, 2.75) is 19.3 Å².